The second kappa shape index (κ2) is 4.74. The monoisotopic (exact) mass is 255 g/mol. The fourth-order valence-corrected chi connectivity index (χ4v) is 2.65. The van der Waals surface area contributed by atoms with Gasteiger partial charge in [-0.15, -0.1) is 11.3 Å². The van der Waals surface area contributed by atoms with E-state index in [9.17, 15) is 0 Å². The standard InChI is InChI=1S/C14H13N3S/c1-10-16-8-12(18-10)9-17-13-6-2-4-11-5-3-7-15-14(11)13/h2-8,17H,9H2,1H3. The van der Waals surface area contributed by atoms with Crippen LogP contribution in [0.2, 0.25) is 0 Å². The number of anilines is 1. The first-order valence-corrected chi connectivity index (χ1v) is 6.63. The van der Waals surface area contributed by atoms with E-state index in [2.05, 4.69) is 33.5 Å². The van der Waals surface area contributed by atoms with Crippen LogP contribution in [-0.4, -0.2) is 9.97 Å². The zero-order valence-corrected chi connectivity index (χ0v) is 10.9. The molecule has 0 aliphatic carbocycles. The van der Waals surface area contributed by atoms with Gasteiger partial charge in [0.1, 0.15) is 0 Å². The van der Waals surface area contributed by atoms with E-state index in [1.165, 1.54) is 4.88 Å². The molecule has 0 fully saturated rings. The van der Waals surface area contributed by atoms with Crippen molar-refractivity contribution in [3.63, 3.8) is 0 Å². The van der Waals surface area contributed by atoms with Crippen LogP contribution in [-0.2, 0) is 6.54 Å². The van der Waals surface area contributed by atoms with Gasteiger partial charge in [-0.05, 0) is 19.1 Å². The lowest BCUT2D eigenvalue weighted by molar-refractivity contribution is 1.17. The van der Waals surface area contributed by atoms with E-state index < -0.39 is 0 Å². The van der Waals surface area contributed by atoms with Crippen LogP contribution in [0.25, 0.3) is 10.9 Å². The Morgan fingerprint density at radius 1 is 1.17 bits per heavy atom. The predicted octanol–water partition coefficient (Wildman–Crippen LogP) is 3.61. The number of fused-ring (bicyclic) bond motifs is 1. The average Bonchev–Trinajstić information content (AvgIpc) is 2.82. The number of aryl methyl sites for hydroxylation is 1. The van der Waals surface area contributed by atoms with Crippen LogP contribution >= 0.6 is 11.3 Å². The summed E-state index contributed by atoms with van der Waals surface area (Å²) in [6, 6.07) is 10.2. The Morgan fingerprint density at radius 2 is 2.06 bits per heavy atom. The Labute approximate surface area is 110 Å². The Morgan fingerprint density at radius 3 is 2.89 bits per heavy atom. The van der Waals surface area contributed by atoms with Crippen molar-refractivity contribution in [3.8, 4) is 0 Å². The van der Waals surface area contributed by atoms with Crippen molar-refractivity contribution in [3.05, 3.63) is 52.6 Å². The summed E-state index contributed by atoms with van der Waals surface area (Å²) in [4.78, 5) is 9.91. The quantitative estimate of drug-likeness (QED) is 0.777. The minimum absolute atomic E-state index is 0.793. The molecule has 0 aliphatic rings. The minimum atomic E-state index is 0.793. The van der Waals surface area contributed by atoms with Crippen LogP contribution in [0.15, 0.2) is 42.7 Å². The molecule has 4 heteroatoms. The molecule has 0 saturated carbocycles. The molecule has 3 rings (SSSR count). The number of benzene rings is 1. The first-order chi connectivity index (χ1) is 8.83. The molecular weight excluding hydrogens is 242 g/mol. The van der Waals surface area contributed by atoms with E-state index in [1.807, 2.05) is 31.5 Å². The molecule has 3 aromatic rings. The molecule has 0 unspecified atom stereocenters. The Balaban J connectivity index is 1.86. The van der Waals surface area contributed by atoms with Crippen LogP contribution in [0.3, 0.4) is 0 Å². The summed E-state index contributed by atoms with van der Waals surface area (Å²) < 4.78 is 0. The van der Waals surface area contributed by atoms with Gasteiger partial charge in [-0.2, -0.15) is 0 Å². The number of rotatable bonds is 3. The number of hydrogen-bond donors (Lipinski definition) is 1. The van der Waals surface area contributed by atoms with Crippen molar-refractivity contribution in [1.82, 2.24) is 9.97 Å². The fourth-order valence-electron chi connectivity index (χ4n) is 1.92. The number of pyridine rings is 1. The summed E-state index contributed by atoms with van der Waals surface area (Å²) in [5, 5.41) is 5.68. The molecule has 0 amide bonds. The molecule has 18 heavy (non-hydrogen) atoms. The number of aromatic nitrogens is 2. The molecule has 0 saturated heterocycles. The maximum atomic E-state index is 4.42. The lowest BCUT2D eigenvalue weighted by Crippen LogP contribution is -1.98. The van der Waals surface area contributed by atoms with E-state index in [0.717, 1.165) is 28.1 Å². The van der Waals surface area contributed by atoms with Gasteiger partial charge in [-0.1, -0.05) is 18.2 Å². The van der Waals surface area contributed by atoms with Gasteiger partial charge >= 0.3 is 0 Å². The molecule has 90 valence electrons. The van der Waals surface area contributed by atoms with E-state index in [0.29, 0.717) is 0 Å². The fraction of sp³-hybridized carbons (Fsp3) is 0.143. The van der Waals surface area contributed by atoms with E-state index in [-0.39, 0.29) is 0 Å². The van der Waals surface area contributed by atoms with Gasteiger partial charge in [0.15, 0.2) is 0 Å². The van der Waals surface area contributed by atoms with Crippen molar-refractivity contribution in [2.75, 3.05) is 5.32 Å². The molecule has 0 aliphatic heterocycles. The summed E-state index contributed by atoms with van der Waals surface area (Å²) in [5.41, 5.74) is 2.08. The van der Waals surface area contributed by atoms with Crippen molar-refractivity contribution in [2.45, 2.75) is 13.5 Å². The topological polar surface area (TPSA) is 37.8 Å². The molecule has 1 N–H and O–H groups in total. The molecule has 3 nitrogen and oxygen atoms in total. The number of nitrogens with one attached hydrogen (secondary N) is 1. The third-order valence-corrected chi connectivity index (χ3v) is 3.67. The highest BCUT2D eigenvalue weighted by Crippen LogP contribution is 2.22. The predicted molar refractivity (Wildman–Crippen MR) is 75.9 cm³/mol. The summed E-state index contributed by atoms with van der Waals surface area (Å²) in [7, 11) is 0. The third kappa shape index (κ3) is 2.19. The summed E-state index contributed by atoms with van der Waals surface area (Å²) in [5.74, 6) is 0. The number of thiazole rings is 1. The van der Waals surface area contributed by atoms with E-state index in [4.69, 9.17) is 0 Å². The van der Waals surface area contributed by atoms with Crippen LogP contribution in [0, 0.1) is 6.92 Å². The molecule has 0 atom stereocenters. The molecule has 0 spiro atoms. The van der Waals surface area contributed by atoms with Gasteiger partial charge in [0.25, 0.3) is 0 Å². The van der Waals surface area contributed by atoms with Crippen LogP contribution in [0.5, 0.6) is 0 Å². The lowest BCUT2D eigenvalue weighted by Gasteiger charge is -2.07. The first-order valence-electron chi connectivity index (χ1n) is 5.82. The van der Waals surface area contributed by atoms with Crippen molar-refractivity contribution < 1.29 is 0 Å². The van der Waals surface area contributed by atoms with Gasteiger partial charge in [0.2, 0.25) is 0 Å². The smallest absolute Gasteiger partial charge is 0.0933 e. The van der Waals surface area contributed by atoms with Gasteiger partial charge < -0.3 is 5.32 Å². The Hall–Kier alpha value is -1.94. The van der Waals surface area contributed by atoms with Crippen molar-refractivity contribution in [2.24, 2.45) is 0 Å². The van der Waals surface area contributed by atoms with Crippen molar-refractivity contribution in [1.29, 1.82) is 0 Å². The summed E-state index contributed by atoms with van der Waals surface area (Å²) in [6.07, 6.45) is 3.75. The number of nitrogens with zero attached hydrogens (tertiary/aromatic N) is 2. The average molecular weight is 255 g/mol. The summed E-state index contributed by atoms with van der Waals surface area (Å²) >= 11 is 1.72. The van der Waals surface area contributed by atoms with Gasteiger partial charge in [0, 0.05) is 22.7 Å². The second-order valence-corrected chi connectivity index (χ2v) is 5.40. The number of para-hydroxylation sites is 1. The molecule has 2 heterocycles. The normalized spacial score (nSPS) is 10.7. The zero-order valence-electron chi connectivity index (χ0n) is 10.1. The van der Waals surface area contributed by atoms with Crippen molar-refractivity contribution >= 4 is 27.9 Å². The molecular formula is C14H13N3S. The zero-order chi connectivity index (χ0) is 12.4. The molecule has 1 aromatic carbocycles. The van der Waals surface area contributed by atoms with Crippen LogP contribution in [0.4, 0.5) is 5.69 Å². The van der Waals surface area contributed by atoms with E-state index >= 15 is 0 Å². The van der Waals surface area contributed by atoms with Crippen LogP contribution < -0.4 is 5.32 Å². The largest absolute Gasteiger partial charge is 0.378 e. The SMILES string of the molecule is Cc1ncc(CNc2cccc3cccnc23)s1. The minimum Gasteiger partial charge on any atom is -0.378 e. The third-order valence-electron chi connectivity index (χ3n) is 2.75. The Kier molecular flexibility index (Phi) is 2.94. The second-order valence-electron chi connectivity index (χ2n) is 4.08. The van der Waals surface area contributed by atoms with Gasteiger partial charge in [0.05, 0.1) is 22.8 Å². The summed E-state index contributed by atoms with van der Waals surface area (Å²) in [6.45, 7) is 2.81. The van der Waals surface area contributed by atoms with Gasteiger partial charge in [-0.3, -0.25) is 4.98 Å². The highest BCUT2D eigenvalue weighted by atomic mass is 32.1. The highest BCUT2D eigenvalue weighted by Gasteiger charge is 2.02. The first kappa shape index (κ1) is 11.2. The maximum absolute atomic E-state index is 4.42. The number of hydrogen-bond acceptors (Lipinski definition) is 4. The van der Waals surface area contributed by atoms with Gasteiger partial charge in [-0.25, -0.2) is 4.98 Å². The highest BCUT2D eigenvalue weighted by molar-refractivity contribution is 7.11. The molecule has 0 radical (unpaired) electrons. The molecule has 2 aromatic heterocycles. The lowest BCUT2D eigenvalue weighted by atomic mass is 10.2. The van der Waals surface area contributed by atoms with E-state index in [1.54, 1.807) is 11.3 Å². The Bertz CT molecular complexity index is 670. The maximum Gasteiger partial charge on any atom is 0.0933 e. The van der Waals surface area contributed by atoms with Crippen LogP contribution in [0.1, 0.15) is 9.88 Å². The molecule has 0 bridgehead atoms.